The van der Waals surface area contributed by atoms with Gasteiger partial charge < -0.3 is 4.74 Å². The average molecular weight is 330 g/mol. The molecule has 0 saturated heterocycles. The van der Waals surface area contributed by atoms with Crippen molar-refractivity contribution in [2.75, 3.05) is 7.11 Å². The lowest BCUT2D eigenvalue weighted by Crippen LogP contribution is -2.12. The molecule has 1 atom stereocenters. The van der Waals surface area contributed by atoms with Crippen LogP contribution in [0.15, 0.2) is 52.3 Å². The second kappa shape index (κ2) is 5.81. The van der Waals surface area contributed by atoms with Crippen LogP contribution in [0, 0.1) is 0 Å². The fraction of sp³-hybridized carbons (Fsp3) is 0.278. The molecule has 120 valence electrons. The van der Waals surface area contributed by atoms with Gasteiger partial charge >= 0.3 is 5.97 Å². The molecule has 1 heterocycles. The summed E-state index contributed by atoms with van der Waals surface area (Å²) in [6.45, 7) is 1.76. The summed E-state index contributed by atoms with van der Waals surface area (Å²) >= 11 is 0. The van der Waals surface area contributed by atoms with Crippen molar-refractivity contribution in [3.63, 3.8) is 0 Å². The highest BCUT2D eigenvalue weighted by Gasteiger charge is 2.28. The number of benzene rings is 2. The first kappa shape index (κ1) is 15.7. The van der Waals surface area contributed by atoms with Crippen LogP contribution in [0.25, 0.3) is 0 Å². The number of hydrogen-bond donors (Lipinski definition) is 0. The third-order valence-electron chi connectivity index (χ3n) is 4.35. The first-order chi connectivity index (χ1) is 10.9. The number of carbonyl (C=O) groups is 1. The Morgan fingerprint density at radius 3 is 2.43 bits per heavy atom. The summed E-state index contributed by atoms with van der Waals surface area (Å²) < 4.78 is 30.6. The van der Waals surface area contributed by atoms with Crippen molar-refractivity contribution < 1.29 is 17.9 Å². The minimum Gasteiger partial charge on any atom is -0.469 e. The van der Waals surface area contributed by atoms with Crippen molar-refractivity contribution in [1.29, 1.82) is 0 Å². The lowest BCUT2D eigenvalue weighted by Gasteiger charge is -2.13. The highest BCUT2D eigenvalue weighted by atomic mass is 32.2. The van der Waals surface area contributed by atoms with Gasteiger partial charge in [0.05, 0.1) is 22.8 Å². The van der Waals surface area contributed by atoms with Crippen LogP contribution < -0.4 is 0 Å². The van der Waals surface area contributed by atoms with Gasteiger partial charge in [-0.1, -0.05) is 30.3 Å². The van der Waals surface area contributed by atoms with Gasteiger partial charge in [0.15, 0.2) is 0 Å². The quantitative estimate of drug-likeness (QED) is 0.795. The van der Waals surface area contributed by atoms with Crippen molar-refractivity contribution in [2.45, 2.75) is 35.5 Å². The molecule has 0 amide bonds. The Hall–Kier alpha value is -2.14. The van der Waals surface area contributed by atoms with E-state index in [1.165, 1.54) is 7.11 Å². The largest absolute Gasteiger partial charge is 0.469 e. The molecule has 0 aliphatic carbocycles. The van der Waals surface area contributed by atoms with E-state index in [-0.39, 0.29) is 5.97 Å². The number of fused-ring (bicyclic) bond motifs is 2. The lowest BCUT2D eigenvalue weighted by atomic mass is 9.96. The number of rotatable bonds is 2. The van der Waals surface area contributed by atoms with E-state index >= 15 is 0 Å². The molecule has 1 aliphatic rings. The molecule has 0 fully saturated rings. The minimum absolute atomic E-state index is 0.329. The van der Waals surface area contributed by atoms with E-state index in [4.69, 9.17) is 4.74 Å². The van der Waals surface area contributed by atoms with Crippen molar-refractivity contribution in [3.05, 3.63) is 59.2 Å². The molecule has 0 spiro atoms. The van der Waals surface area contributed by atoms with Crippen LogP contribution in [-0.2, 0) is 32.2 Å². The van der Waals surface area contributed by atoms with Gasteiger partial charge in [-0.15, -0.1) is 0 Å². The molecule has 0 saturated carbocycles. The van der Waals surface area contributed by atoms with Crippen LogP contribution in [-0.4, -0.2) is 21.5 Å². The van der Waals surface area contributed by atoms with Crippen LogP contribution in [0.1, 0.15) is 29.5 Å². The van der Waals surface area contributed by atoms with E-state index in [1.807, 2.05) is 18.2 Å². The molecule has 1 unspecified atom stereocenters. The Morgan fingerprint density at radius 2 is 1.70 bits per heavy atom. The molecule has 5 heteroatoms. The maximum absolute atomic E-state index is 12.9. The molecule has 0 aromatic heterocycles. The molecule has 0 radical (unpaired) electrons. The van der Waals surface area contributed by atoms with Crippen LogP contribution >= 0.6 is 0 Å². The summed E-state index contributed by atoms with van der Waals surface area (Å²) in [5.41, 5.74) is 2.37. The van der Waals surface area contributed by atoms with Crippen LogP contribution in [0.2, 0.25) is 0 Å². The van der Waals surface area contributed by atoms with Crippen LogP contribution in [0.3, 0.4) is 0 Å². The van der Waals surface area contributed by atoms with Crippen molar-refractivity contribution in [2.24, 2.45) is 0 Å². The van der Waals surface area contributed by atoms with Gasteiger partial charge in [-0.2, -0.15) is 0 Å². The Balaban J connectivity index is 2.12. The number of carbonyl (C=O) groups excluding carboxylic acids is 1. The highest BCUT2D eigenvalue weighted by Crippen LogP contribution is 2.33. The fourth-order valence-corrected chi connectivity index (χ4v) is 4.76. The molecule has 0 bridgehead atoms. The Labute approximate surface area is 136 Å². The molecule has 2 aromatic rings. The number of ether oxygens (including phenoxy) is 1. The molecular weight excluding hydrogens is 312 g/mol. The zero-order valence-corrected chi connectivity index (χ0v) is 13.9. The van der Waals surface area contributed by atoms with E-state index in [2.05, 4.69) is 0 Å². The standard InChI is InChI=1S/C18H18O4S/c1-12(18(19)22-2)14-9-10-17-15(11-14)8-7-13-5-3-4-6-16(13)23(17,20)21/h3-6,9-12H,7-8H2,1-2H3. The normalized spacial score (nSPS) is 16.6. The van der Waals surface area contributed by atoms with Gasteiger partial charge in [0.2, 0.25) is 9.84 Å². The summed E-state index contributed by atoms with van der Waals surface area (Å²) in [4.78, 5) is 12.4. The zero-order chi connectivity index (χ0) is 16.6. The molecule has 3 rings (SSSR count). The number of hydrogen-bond acceptors (Lipinski definition) is 4. The second-order valence-corrected chi connectivity index (χ2v) is 7.61. The molecular formula is C18H18O4S. The van der Waals surface area contributed by atoms with Crippen LogP contribution in [0.4, 0.5) is 0 Å². The van der Waals surface area contributed by atoms with Gasteiger partial charge in [0, 0.05) is 0 Å². The topological polar surface area (TPSA) is 60.4 Å². The molecule has 4 nitrogen and oxygen atoms in total. The molecule has 0 N–H and O–H groups in total. The third-order valence-corrected chi connectivity index (χ3v) is 6.31. The average Bonchev–Trinajstić information content (AvgIpc) is 2.68. The van der Waals surface area contributed by atoms with E-state index in [9.17, 15) is 13.2 Å². The minimum atomic E-state index is -3.52. The van der Waals surface area contributed by atoms with E-state index in [0.29, 0.717) is 22.6 Å². The van der Waals surface area contributed by atoms with Gasteiger partial charge in [-0.05, 0) is 48.6 Å². The highest BCUT2D eigenvalue weighted by molar-refractivity contribution is 7.91. The first-order valence-electron chi connectivity index (χ1n) is 7.49. The summed E-state index contributed by atoms with van der Waals surface area (Å²) in [5.74, 6) is -0.747. The van der Waals surface area contributed by atoms with Gasteiger partial charge in [0.1, 0.15) is 0 Å². The summed E-state index contributed by atoms with van der Waals surface area (Å²) in [6.07, 6.45) is 1.30. The van der Waals surface area contributed by atoms with Crippen molar-refractivity contribution >= 4 is 15.8 Å². The number of esters is 1. The lowest BCUT2D eigenvalue weighted by molar-refractivity contribution is -0.141. The molecule has 2 aromatic carbocycles. The zero-order valence-electron chi connectivity index (χ0n) is 13.1. The maximum Gasteiger partial charge on any atom is 0.312 e. The van der Waals surface area contributed by atoms with Crippen molar-refractivity contribution in [1.82, 2.24) is 0 Å². The fourth-order valence-electron chi connectivity index (χ4n) is 3.00. The van der Waals surface area contributed by atoms with E-state index in [0.717, 1.165) is 16.7 Å². The summed E-state index contributed by atoms with van der Waals surface area (Å²) in [7, 11) is -2.17. The van der Waals surface area contributed by atoms with Crippen LogP contribution in [0.5, 0.6) is 0 Å². The van der Waals surface area contributed by atoms with Gasteiger partial charge in [-0.3, -0.25) is 4.79 Å². The Kier molecular flexibility index (Phi) is 3.98. The Morgan fingerprint density at radius 1 is 1.04 bits per heavy atom. The molecule has 1 aliphatic heterocycles. The third kappa shape index (κ3) is 2.65. The van der Waals surface area contributed by atoms with Gasteiger partial charge in [0.25, 0.3) is 0 Å². The van der Waals surface area contributed by atoms with E-state index < -0.39 is 15.8 Å². The maximum atomic E-state index is 12.9. The monoisotopic (exact) mass is 330 g/mol. The second-order valence-electron chi connectivity index (χ2n) is 5.72. The summed E-state index contributed by atoms with van der Waals surface area (Å²) in [5, 5.41) is 0. The number of methoxy groups -OCH3 is 1. The smallest absolute Gasteiger partial charge is 0.312 e. The van der Waals surface area contributed by atoms with Crippen molar-refractivity contribution in [3.8, 4) is 0 Å². The SMILES string of the molecule is COC(=O)C(C)c1ccc2c(c1)CCc1ccccc1S2(=O)=O. The van der Waals surface area contributed by atoms with Gasteiger partial charge in [-0.25, -0.2) is 8.42 Å². The van der Waals surface area contributed by atoms with E-state index in [1.54, 1.807) is 31.2 Å². The molecule has 23 heavy (non-hydrogen) atoms. The predicted octanol–water partition coefficient (Wildman–Crippen LogP) is 2.89. The predicted molar refractivity (Wildman–Crippen MR) is 86.2 cm³/mol. The Bertz CT molecular complexity index is 868. The number of sulfone groups is 1. The number of aryl methyl sites for hydroxylation is 2. The first-order valence-corrected chi connectivity index (χ1v) is 8.97. The summed E-state index contributed by atoms with van der Waals surface area (Å²) in [6, 6.07) is 12.2.